The van der Waals surface area contributed by atoms with Gasteiger partial charge in [0.2, 0.25) is 0 Å². The zero-order chi connectivity index (χ0) is 27.5. The van der Waals surface area contributed by atoms with Gasteiger partial charge < -0.3 is 14.4 Å². The maximum Gasteiger partial charge on any atom is 0.335 e. The zero-order valence-electron chi connectivity index (χ0n) is 22.2. The molecule has 0 saturated heterocycles. The molecule has 0 fully saturated rings. The van der Waals surface area contributed by atoms with Gasteiger partial charge >= 0.3 is 5.97 Å². The highest BCUT2D eigenvalue weighted by molar-refractivity contribution is 6.31. The Balaban J connectivity index is 1.30. The molecule has 0 aliphatic heterocycles. The molecule has 1 heterocycles. The van der Waals surface area contributed by atoms with Crippen LogP contribution >= 0.6 is 11.6 Å². The Bertz CT molecular complexity index is 1620. The second-order valence-electron chi connectivity index (χ2n) is 10.1. The first-order valence-corrected chi connectivity index (χ1v) is 13.4. The normalized spacial score (nSPS) is 11.3. The molecule has 0 atom stereocenters. The maximum absolute atomic E-state index is 11.3. The minimum atomic E-state index is -0.925. The summed E-state index contributed by atoms with van der Waals surface area (Å²) in [6, 6.07) is 25.1. The Morgan fingerprint density at radius 2 is 1.64 bits per heavy atom. The Morgan fingerprint density at radius 3 is 2.36 bits per heavy atom. The summed E-state index contributed by atoms with van der Waals surface area (Å²) in [6.45, 7) is 6.62. The average molecular weight is 540 g/mol. The lowest BCUT2D eigenvalue weighted by Gasteiger charge is -2.11. The van der Waals surface area contributed by atoms with E-state index < -0.39 is 5.97 Å². The molecule has 0 spiro atoms. The highest BCUT2D eigenvalue weighted by Gasteiger charge is 2.20. The molecule has 0 bridgehead atoms. The molecule has 5 nitrogen and oxygen atoms in total. The van der Waals surface area contributed by atoms with Crippen LogP contribution in [0.2, 0.25) is 5.02 Å². The summed E-state index contributed by atoms with van der Waals surface area (Å²) in [4.78, 5) is 11.3. The van der Waals surface area contributed by atoms with E-state index in [1.54, 1.807) is 12.1 Å². The highest BCUT2D eigenvalue weighted by atomic mass is 35.5. The van der Waals surface area contributed by atoms with E-state index in [0.717, 1.165) is 61.7 Å². The van der Waals surface area contributed by atoms with Gasteiger partial charge in [-0.2, -0.15) is 0 Å². The van der Waals surface area contributed by atoms with Crippen molar-refractivity contribution in [2.24, 2.45) is 0 Å². The smallest absolute Gasteiger partial charge is 0.335 e. The summed E-state index contributed by atoms with van der Waals surface area (Å²) in [6.07, 6.45) is 1.50. The molecule has 39 heavy (non-hydrogen) atoms. The van der Waals surface area contributed by atoms with Crippen LogP contribution in [0.3, 0.4) is 0 Å². The van der Waals surface area contributed by atoms with Crippen LogP contribution in [0.4, 0.5) is 0 Å². The van der Waals surface area contributed by atoms with E-state index in [-0.39, 0.29) is 11.5 Å². The monoisotopic (exact) mass is 539 g/mol. The number of carbonyl (C=O) groups is 1. The topological polar surface area (TPSA) is 72.6 Å². The maximum atomic E-state index is 11.3. The molecule has 1 aromatic heterocycles. The number of hydrogen-bond donors (Lipinski definition) is 1. The van der Waals surface area contributed by atoms with Gasteiger partial charge in [0.15, 0.2) is 0 Å². The summed E-state index contributed by atoms with van der Waals surface area (Å²) in [7, 11) is 0. The summed E-state index contributed by atoms with van der Waals surface area (Å²) < 4.78 is 11.9. The lowest BCUT2D eigenvalue weighted by Crippen LogP contribution is -2.04. The van der Waals surface area contributed by atoms with Crippen LogP contribution < -0.4 is 4.74 Å². The number of nitrogens with zero attached hydrogens (tertiary/aromatic N) is 1. The number of aryl methyl sites for hydroxylation is 2. The number of aromatic carboxylic acids is 1. The minimum absolute atomic E-state index is 0.189. The van der Waals surface area contributed by atoms with E-state index >= 15 is 0 Å². The van der Waals surface area contributed by atoms with E-state index in [9.17, 15) is 9.90 Å². The SMILES string of the molecule is Cc1cccc(Cl)c1CCc1noc(C(C)C)c1COc1ccc(-c2ccc3cc(C(=O)O)ccc3c2)cc1. The van der Waals surface area contributed by atoms with Crippen LogP contribution in [0.25, 0.3) is 21.9 Å². The number of rotatable bonds is 9. The molecule has 0 aliphatic carbocycles. The fraction of sp³-hybridized carbons (Fsp3) is 0.212. The Morgan fingerprint density at radius 1 is 0.923 bits per heavy atom. The Hall–Kier alpha value is -4.09. The number of ether oxygens (including phenoxy) is 1. The standard InChI is InChI=1S/C33H30ClNO4/c1-20(2)32-29(31(35-39-32)16-15-28-21(3)5-4-6-30(28)34)19-38-27-13-11-22(12-14-27)23-7-8-25-18-26(33(36)37)10-9-24(25)17-23/h4-14,17-18,20H,15-16,19H2,1-3H3,(H,36,37). The van der Waals surface area contributed by atoms with Gasteiger partial charge in [-0.25, -0.2) is 4.79 Å². The molecule has 0 amide bonds. The molecule has 0 radical (unpaired) electrons. The lowest BCUT2D eigenvalue weighted by atomic mass is 9.99. The van der Waals surface area contributed by atoms with Crippen molar-refractivity contribution in [1.82, 2.24) is 5.16 Å². The number of aromatic nitrogens is 1. The first-order chi connectivity index (χ1) is 18.8. The molecule has 198 valence electrons. The third kappa shape index (κ3) is 5.84. The van der Waals surface area contributed by atoms with Gasteiger partial charge in [0.1, 0.15) is 18.1 Å². The fourth-order valence-electron chi connectivity index (χ4n) is 4.85. The van der Waals surface area contributed by atoms with Crippen molar-refractivity contribution >= 4 is 28.3 Å². The molecule has 6 heteroatoms. The van der Waals surface area contributed by atoms with Gasteiger partial charge in [-0.05, 0) is 89.2 Å². The molecule has 0 saturated carbocycles. The van der Waals surface area contributed by atoms with Crippen LogP contribution in [-0.2, 0) is 19.4 Å². The van der Waals surface area contributed by atoms with Gasteiger partial charge in [0.25, 0.3) is 0 Å². The Labute approximate surface area is 233 Å². The quantitative estimate of drug-likeness (QED) is 0.203. The number of carboxylic acid groups (broad SMARTS) is 1. The van der Waals surface area contributed by atoms with Crippen molar-refractivity contribution in [2.45, 2.75) is 46.1 Å². The second kappa shape index (κ2) is 11.3. The van der Waals surface area contributed by atoms with Crippen molar-refractivity contribution in [3.8, 4) is 16.9 Å². The summed E-state index contributed by atoms with van der Waals surface area (Å²) in [5.41, 5.74) is 6.58. The van der Waals surface area contributed by atoms with Crippen molar-refractivity contribution < 1.29 is 19.2 Å². The van der Waals surface area contributed by atoms with E-state index in [4.69, 9.17) is 20.9 Å². The minimum Gasteiger partial charge on any atom is -0.489 e. The lowest BCUT2D eigenvalue weighted by molar-refractivity contribution is 0.0697. The van der Waals surface area contributed by atoms with Gasteiger partial charge in [0.05, 0.1) is 16.8 Å². The van der Waals surface area contributed by atoms with Crippen molar-refractivity contribution in [3.05, 3.63) is 118 Å². The molecule has 5 aromatic rings. The fourth-order valence-corrected chi connectivity index (χ4v) is 5.16. The van der Waals surface area contributed by atoms with Gasteiger partial charge in [-0.1, -0.05) is 73.1 Å². The number of fused-ring (bicyclic) bond motifs is 1. The predicted molar refractivity (Wildman–Crippen MR) is 155 cm³/mol. The van der Waals surface area contributed by atoms with Crippen LogP contribution in [-0.4, -0.2) is 16.2 Å². The first kappa shape index (κ1) is 26.5. The summed E-state index contributed by atoms with van der Waals surface area (Å²) in [5, 5.41) is 16.3. The number of carboxylic acids is 1. The second-order valence-corrected chi connectivity index (χ2v) is 10.5. The van der Waals surface area contributed by atoms with Crippen molar-refractivity contribution in [2.75, 3.05) is 0 Å². The molecule has 0 unspecified atom stereocenters. The third-order valence-corrected chi connectivity index (χ3v) is 7.40. The number of hydrogen-bond acceptors (Lipinski definition) is 4. The van der Waals surface area contributed by atoms with Crippen molar-refractivity contribution in [1.29, 1.82) is 0 Å². The van der Waals surface area contributed by atoms with Gasteiger partial charge in [-0.3, -0.25) is 0 Å². The van der Waals surface area contributed by atoms with Crippen molar-refractivity contribution in [3.63, 3.8) is 0 Å². The molecular formula is C33H30ClNO4. The van der Waals surface area contributed by atoms with E-state index in [2.05, 4.69) is 38.1 Å². The largest absolute Gasteiger partial charge is 0.489 e. The number of halogens is 1. The molecule has 1 N–H and O–H groups in total. The Kier molecular flexibility index (Phi) is 7.71. The van der Waals surface area contributed by atoms with E-state index in [1.807, 2.05) is 54.6 Å². The van der Waals surface area contributed by atoms with E-state index in [1.165, 1.54) is 5.56 Å². The zero-order valence-corrected chi connectivity index (χ0v) is 23.0. The molecule has 5 rings (SSSR count). The van der Waals surface area contributed by atoms with Crippen LogP contribution in [0, 0.1) is 6.92 Å². The molecular weight excluding hydrogens is 510 g/mol. The molecule has 0 aliphatic rings. The average Bonchev–Trinajstić information content (AvgIpc) is 3.34. The summed E-state index contributed by atoms with van der Waals surface area (Å²) in [5.74, 6) is 0.869. The van der Waals surface area contributed by atoms with E-state index in [0.29, 0.717) is 13.0 Å². The highest BCUT2D eigenvalue weighted by Crippen LogP contribution is 2.30. The van der Waals surface area contributed by atoms with Crippen LogP contribution in [0.5, 0.6) is 5.75 Å². The van der Waals surface area contributed by atoms with Crippen LogP contribution in [0.1, 0.15) is 58.3 Å². The predicted octanol–water partition coefficient (Wildman–Crippen LogP) is 8.64. The summed E-state index contributed by atoms with van der Waals surface area (Å²) >= 11 is 6.45. The molecule has 4 aromatic carbocycles. The third-order valence-electron chi connectivity index (χ3n) is 7.05. The number of benzene rings is 4. The van der Waals surface area contributed by atoms with Crippen LogP contribution in [0.15, 0.2) is 83.4 Å². The first-order valence-electron chi connectivity index (χ1n) is 13.0. The van der Waals surface area contributed by atoms with Gasteiger partial charge in [0, 0.05) is 10.9 Å². The van der Waals surface area contributed by atoms with Gasteiger partial charge in [-0.15, -0.1) is 0 Å².